The Morgan fingerprint density at radius 2 is 1.59 bits per heavy atom. The van der Waals surface area contributed by atoms with Crippen LogP contribution in [0.25, 0.3) is 0 Å². The summed E-state index contributed by atoms with van der Waals surface area (Å²) in [4.78, 5) is 26.4. The molecule has 3 aromatic carbocycles. The first-order valence-electron chi connectivity index (χ1n) is 12.6. The van der Waals surface area contributed by atoms with E-state index in [1.807, 2.05) is 31.2 Å². The van der Waals surface area contributed by atoms with Crippen LogP contribution in [0.5, 0.6) is 0 Å². The smallest absolute Gasteiger partial charge is 0.243 e. The van der Waals surface area contributed by atoms with Crippen LogP contribution < -0.4 is 5.32 Å². The maximum Gasteiger partial charge on any atom is 0.243 e. The molecule has 6 nitrogen and oxygen atoms in total. The normalized spacial score (nSPS) is 16.8. The van der Waals surface area contributed by atoms with Crippen molar-refractivity contribution >= 4 is 27.4 Å². The Balaban J connectivity index is 1.44. The molecule has 7 heteroatoms. The molecule has 1 amide bonds. The minimum Gasteiger partial charge on any atom is -0.326 e. The number of sulfonamides is 1. The van der Waals surface area contributed by atoms with E-state index in [9.17, 15) is 18.0 Å². The minimum absolute atomic E-state index is 0.0000569. The Bertz CT molecular complexity index is 1390. The first kappa shape index (κ1) is 26.8. The number of carbonyl (C=O) groups excluding carboxylic acids is 2. The van der Waals surface area contributed by atoms with Crippen LogP contribution >= 0.6 is 0 Å². The Morgan fingerprint density at radius 1 is 0.919 bits per heavy atom. The first-order chi connectivity index (χ1) is 17.4. The van der Waals surface area contributed by atoms with Gasteiger partial charge in [0.05, 0.1) is 10.8 Å². The highest BCUT2D eigenvalue weighted by Crippen LogP contribution is 2.26. The van der Waals surface area contributed by atoms with Gasteiger partial charge in [-0.1, -0.05) is 74.9 Å². The molecule has 1 saturated heterocycles. The number of nitrogens with one attached hydrogen (secondary N) is 1. The first-order valence-corrected chi connectivity index (χ1v) is 14.0. The zero-order valence-corrected chi connectivity index (χ0v) is 22.6. The second kappa shape index (κ2) is 10.6. The lowest BCUT2D eigenvalue weighted by Crippen LogP contribution is -2.43. The van der Waals surface area contributed by atoms with Crippen LogP contribution in [0.2, 0.25) is 0 Å². The molecule has 37 heavy (non-hydrogen) atoms. The van der Waals surface area contributed by atoms with Crippen molar-refractivity contribution < 1.29 is 18.0 Å². The van der Waals surface area contributed by atoms with Gasteiger partial charge in [0.25, 0.3) is 0 Å². The summed E-state index contributed by atoms with van der Waals surface area (Å²) in [5, 5.41) is 2.89. The van der Waals surface area contributed by atoms with Crippen molar-refractivity contribution in [2.75, 3.05) is 18.4 Å². The van der Waals surface area contributed by atoms with E-state index in [4.69, 9.17) is 0 Å². The van der Waals surface area contributed by atoms with Gasteiger partial charge >= 0.3 is 0 Å². The van der Waals surface area contributed by atoms with Gasteiger partial charge in [0.1, 0.15) is 0 Å². The summed E-state index contributed by atoms with van der Waals surface area (Å²) in [7, 11) is -3.67. The van der Waals surface area contributed by atoms with Gasteiger partial charge < -0.3 is 5.32 Å². The van der Waals surface area contributed by atoms with Crippen molar-refractivity contribution in [2.45, 2.75) is 50.8 Å². The highest BCUT2D eigenvalue weighted by Gasteiger charge is 2.33. The number of benzene rings is 3. The number of amides is 1. The molecule has 0 aliphatic carbocycles. The molecule has 0 bridgehead atoms. The van der Waals surface area contributed by atoms with Gasteiger partial charge in [-0.2, -0.15) is 4.31 Å². The van der Waals surface area contributed by atoms with Crippen molar-refractivity contribution in [1.82, 2.24) is 4.31 Å². The topological polar surface area (TPSA) is 83.6 Å². The van der Waals surface area contributed by atoms with Crippen LogP contribution in [-0.4, -0.2) is 37.5 Å². The monoisotopic (exact) mass is 518 g/mol. The summed E-state index contributed by atoms with van der Waals surface area (Å²) >= 11 is 0. The van der Waals surface area contributed by atoms with Gasteiger partial charge in [0, 0.05) is 29.9 Å². The number of hydrogen-bond acceptors (Lipinski definition) is 4. The molecule has 0 aromatic heterocycles. The molecule has 1 fully saturated rings. The lowest BCUT2D eigenvalue weighted by Gasteiger charge is -2.31. The number of piperidine rings is 1. The summed E-state index contributed by atoms with van der Waals surface area (Å²) in [6.45, 7) is 8.79. The van der Waals surface area contributed by atoms with Gasteiger partial charge in [-0.15, -0.1) is 0 Å². The van der Waals surface area contributed by atoms with Crippen LogP contribution in [0.1, 0.15) is 60.7 Å². The van der Waals surface area contributed by atoms with Crippen molar-refractivity contribution in [3.05, 3.63) is 95.1 Å². The number of anilines is 1. The van der Waals surface area contributed by atoms with Gasteiger partial charge in [0.2, 0.25) is 15.9 Å². The molecule has 0 saturated carbocycles. The van der Waals surface area contributed by atoms with E-state index >= 15 is 0 Å². The number of rotatable bonds is 6. The van der Waals surface area contributed by atoms with Crippen LogP contribution in [0.15, 0.2) is 77.7 Å². The van der Waals surface area contributed by atoms with Gasteiger partial charge in [-0.05, 0) is 55.0 Å². The van der Waals surface area contributed by atoms with Crippen molar-refractivity contribution in [3.8, 4) is 0 Å². The Kier molecular flexibility index (Phi) is 7.67. The molecular weight excluding hydrogens is 484 g/mol. The van der Waals surface area contributed by atoms with E-state index < -0.39 is 15.9 Å². The average molecular weight is 519 g/mol. The number of hydrogen-bond donors (Lipinski definition) is 1. The maximum absolute atomic E-state index is 13.1. The predicted molar refractivity (Wildman–Crippen MR) is 146 cm³/mol. The summed E-state index contributed by atoms with van der Waals surface area (Å²) in [5.74, 6) is -0.842. The fourth-order valence-electron chi connectivity index (χ4n) is 4.50. The van der Waals surface area contributed by atoms with Crippen LogP contribution in [0, 0.1) is 12.8 Å². The average Bonchev–Trinajstić information content (AvgIpc) is 2.88. The lowest BCUT2D eigenvalue weighted by molar-refractivity contribution is -0.120. The predicted octanol–water partition coefficient (Wildman–Crippen LogP) is 5.56. The van der Waals surface area contributed by atoms with Gasteiger partial charge in [-0.25, -0.2) is 8.42 Å². The quantitative estimate of drug-likeness (QED) is 0.433. The molecule has 1 aliphatic heterocycles. The third kappa shape index (κ3) is 6.17. The summed E-state index contributed by atoms with van der Waals surface area (Å²) in [6, 6.07) is 21.2. The van der Waals surface area contributed by atoms with Crippen molar-refractivity contribution in [3.63, 3.8) is 0 Å². The van der Waals surface area contributed by atoms with Crippen molar-refractivity contribution in [1.29, 1.82) is 0 Å². The van der Waals surface area contributed by atoms with Gasteiger partial charge in [0.15, 0.2) is 5.78 Å². The maximum atomic E-state index is 13.1. The van der Waals surface area contributed by atoms with E-state index in [0.717, 1.165) is 11.1 Å². The molecule has 1 heterocycles. The second-order valence-electron chi connectivity index (χ2n) is 10.7. The number of aryl methyl sites for hydroxylation is 1. The van der Waals surface area contributed by atoms with E-state index in [2.05, 4.69) is 26.1 Å². The number of nitrogens with zero attached hydrogens (tertiary/aromatic N) is 1. The lowest BCUT2D eigenvalue weighted by atomic mass is 9.86. The second-order valence-corrected chi connectivity index (χ2v) is 12.7. The Hall–Kier alpha value is -3.29. The summed E-state index contributed by atoms with van der Waals surface area (Å²) in [6.07, 6.45) is 1.21. The third-order valence-electron chi connectivity index (χ3n) is 6.82. The fourth-order valence-corrected chi connectivity index (χ4v) is 6.03. The van der Waals surface area contributed by atoms with Gasteiger partial charge in [-0.3, -0.25) is 9.59 Å². The molecule has 1 aliphatic rings. The Labute approximate surface area is 219 Å². The third-order valence-corrected chi connectivity index (χ3v) is 8.70. The summed E-state index contributed by atoms with van der Waals surface area (Å²) in [5.41, 5.74) is 3.71. The van der Waals surface area contributed by atoms with E-state index in [0.29, 0.717) is 36.2 Å². The van der Waals surface area contributed by atoms with E-state index in [1.165, 1.54) is 4.31 Å². The summed E-state index contributed by atoms with van der Waals surface area (Å²) < 4.78 is 27.6. The van der Waals surface area contributed by atoms with Crippen LogP contribution in [-0.2, 0) is 20.2 Å². The number of ketones is 1. The Morgan fingerprint density at radius 3 is 2.24 bits per heavy atom. The molecule has 0 radical (unpaired) electrons. The minimum atomic E-state index is -3.67. The molecule has 0 spiro atoms. The molecular formula is C30H34N2O4S. The van der Waals surface area contributed by atoms with E-state index in [1.54, 1.807) is 48.5 Å². The molecule has 1 atom stereocenters. The van der Waals surface area contributed by atoms with Crippen molar-refractivity contribution in [2.24, 2.45) is 5.92 Å². The van der Waals surface area contributed by atoms with Crippen LogP contribution in [0.3, 0.4) is 0 Å². The molecule has 194 valence electrons. The van der Waals surface area contributed by atoms with Crippen LogP contribution in [0.4, 0.5) is 5.69 Å². The molecule has 1 N–H and O–H groups in total. The zero-order chi connectivity index (χ0) is 26.8. The SMILES string of the molecule is Cc1ccc(S(=O)(=O)N2CCC[C@H](C(=O)Nc3cccc(C(=O)c4ccc(C(C)(C)C)cc4)c3)C2)cc1. The van der Waals surface area contributed by atoms with E-state index in [-0.39, 0.29) is 28.5 Å². The molecule has 0 unspecified atom stereocenters. The zero-order valence-electron chi connectivity index (χ0n) is 21.8. The standard InChI is InChI=1S/C30H34N2O4S/c1-21-10-16-27(17-11-21)37(35,36)32-18-6-8-24(20-32)29(34)31-26-9-5-7-23(19-26)28(33)22-12-14-25(15-13-22)30(2,3)4/h5,7,9-17,19,24H,6,8,18,20H2,1-4H3,(H,31,34)/t24-/m0/s1. The molecule has 4 rings (SSSR count). The largest absolute Gasteiger partial charge is 0.326 e. The highest BCUT2D eigenvalue weighted by atomic mass is 32.2. The molecule has 3 aromatic rings. The highest BCUT2D eigenvalue weighted by molar-refractivity contribution is 7.89. The number of carbonyl (C=O) groups is 2. The fraction of sp³-hybridized carbons (Fsp3) is 0.333.